The van der Waals surface area contributed by atoms with Crippen LogP contribution in [-0.4, -0.2) is 89.6 Å². The molecule has 2 amide bonds. The van der Waals surface area contributed by atoms with Gasteiger partial charge >= 0.3 is 5.76 Å². The highest BCUT2D eigenvalue weighted by Crippen LogP contribution is 2.43. The van der Waals surface area contributed by atoms with Gasteiger partial charge in [0.05, 0.1) is 12.0 Å². The van der Waals surface area contributed by atoms with E-state index in [1.165, 1.54) is 10.3 Å². The number of ether oxygens (including phenoxy) is 1. The lowest BCUT2D eigenvalue weighted by molar-refractivity contribution is -0.132. The monoisotopic (exact) mass is 639 g/mol. The third-order valence-corrected chi connectivity index (χ3v) is 10.3. The number of benzene rings is 2. The third kappa shape index (κ3) is 6.03. The van der Waals surface area contributed by atoms with Crippen molar-refractivity contribution in [3.8, 4) is 11.5 Å². The number of nitrogen functional groups attached to an aromatic ring is 1. The second-order valence-electron chi connectivity index (χ2n) is 13.2. The van der Waals surface area contributed by atoms with Crippen LogP contribution < -0.4 is 16.4 Å². The van der Waals surface area contributed by atoms with Crippen molar-refractivity contribution in [2.75, 3.05) is 63.1 Å². The molecule has 5 heterocycles. The van der Waals surface area contributed by atoms with Crippen LogP contribution in [0, 0.1) is 16.7 Å². The highest BCUT2D eigenvalue weighted by Gasteiger charge is 2.51. The Bertz CT molecular complexity index is 1790. The van der Waals surface area contributed by atoms with Gasteiger partial charge in [-0.25, -0.2) is 4.79 Å². The fraction of sp³-hybridized carbons (Fsp3) is 0.457. The normalized spacial score (nSPS) is 22.3. The maximum atomic E-state index is 13.9. The van der Waals surface area contributed by atoms with Crippen LogP contribution in [0.1, 0.15) is 43.2 Å². The van der Waals surface area contributed by atoms with E-state index in [4.69, 9.17) is 20.3 Å². The lowest BCUT2D eigenvalue weighted by atomic mass is 9.85. The lowest BCUT2D eigenvalue weighted by Crippen LogP contribution is -2.43. The molecule has 1 spiro atoms. The number of hydrogen-bond acceptors (Lipinski definition) is 9. The van der Waals surface area contributed by atoms with Crippen LogP contribution in [0.5, 0.6) is 0 Å². The number of likely N-dealkylation sites (tertiary alicyclic amines) is 1. The third-order valence-electron chi connectivity index (χ3n) is 10.3. The zero-order valence-corrected chi connectivity index (χ0v) is 26.7. The minimum atomic E-state index is -0.499. The Morgan fingerprint density at radius 2 is 1.79 bits per heavy atom. The van der Waals surface area contributed by atoms with Crippen LogP contribution in [0.2, 0.25) is 0 Å². The maximum absolute atomic E-state index is 13.9. The van der Waals surface area contributed by atoms with Crippen molar-refractivity contribution < 1.29 is 18.7 Å². The SMILES string of the molecule is Cn1nc(-c2ccc(C3=CCN(C(=O)CN4CC[C@]5(CCN(c6ccc(N)c(C(=N)C7CCOCC7)c6)C5=O)C4)CC3)cc2)oc1=O. The van der Waals surface area contributed by atoms with E-state index in [0.29, 0.717) is 69.4 Å². The van der Waals surface area contributed by atoms with Crippen molar-refractivity contribution in [2.45, 2.75) is 32.1 Å². The number of nitrogens with one attached hydrogen (secondary N) is 1. The van der Waals surface area contributed by atoms with E-state index >= 15 is 0 Å². The Labute approximate surface area is 273 Å². The van der Waals surface area contributed by atoms with Gasteiger partial charge in [0.15, 0.2) is 0 Å². The molecule has 7 rings (SSSR count). The van der Waals surface area contributed by atoms with Crippen LogP contribution in [0.25, 0.3) is 17.0 Å². The standard InChI is InChI=1S/C35H41N7O5/c1-39-34(45)47-32(38-39)26-4-2-23(3-5-26)24-8-14-41(15-9-24)30(43)21-40-16-12-35(22-40)13-17-42(33(35)44)27-6-7-29(36)28(20-27)31(37)25-10-18-46-19-11-25/h2-8,20,25,37H,9-19,21-22,36H2,1H3/t35-/m0/s1. The Balaban J connectivity index is 0.946. The Hall–Kier alpha value is -4.55. The van der Waals surface area contributed by atoms with E-state index < -0.39 is 11.2 Å². The summed E-state index contributed by atoms with van der Waals surface area (Å²) in [5.41, 5.74) is 11.4. The van der Waals surface area contributed by atoms with Gasteiger partial charge in [0, 0.05) is 80.6 Å². The second kappa shape index (κ2) is 12.6. The van der Waals surface area contributed by atoms with E-state index in [2.05, 4.69) is 16.1 Å². The van der Waals surface area contributed by atoms with Gasteiger partial charge in [0.25, 0.3) is 0 Å². The number of nitrogens with zero attached hydrogens (tertiary/aromatic N) is 5. The molecule has 1 atom stereocenters. The van der Waals surface area contributed by atoms with Gasteiger partial charge in [-0.3, -0.25) is 14.5 Å². The van der Waals surface area contributed by atoms with E-state index in [1.807, 2.05) is 52.3 Å². The number of hydrogen-bond donors (Lipinski definition) is 2. The van der Waals surface area contributed by atoms with Gasteiger partial charge in [0.1, 0.15) is 0 Å². The van der Waals surface area contributed by atoms with Crippen LogP contribution in [-0.2, 0) is 21.4 Å². The van der Waals surface area contributed by atoms with Crippen molar-refractivity contribution in [2.24, 2.45) is 18.4 Å². The summed E-state index contributed by atoms with van der Waals surface area (Å²) < 4.78 is 11.8. The molecule has 0 unspecified atom stereocenters. The fourth-order valence-corrected chi connectivity index (χ4v) is 7.43. The van der Waals surface area contributed by atoms with Gasteiger partial charge in [-0.1, -0.05) is 18.2 Å². The van der Waals surface area contributed by atoms with Crippen LogP contribution in [0.4, 0.5) is 11.4 Å². The van der Waals surface area contributed by atoms with E-state index in [-0.39, 0.29) is 23.6 Å². The Morgan fingerprint density at radius 1 is 1.04 bits per heavy atom. The summed E-state index contributed by atoms with van der Waals surface area (Å²) in [5, 5.41) is 12.9. The molecule has 0 saturated carbocycles. The molecule has 12 nitrogen and oxygen atoms in total. The van der Waals surface area contributed by atoms with Gasteiger partial charge in [-0.05, 0) is 80.1 Å². The van der Waals surface area contributed by atoms with E-state index in [0.717, 1.165) is 48.9 Å². The molecular formula is C35H41N7O5. The van der Waals surface area contributed by atoms with E-state index in [1.54, 1.807) is 7.05 Å². The van der Waals surface area contributed by atoms with Gasteiger partial charge in [0.2, 0.25) is 17.7 Å². The molecule has 3 aromatic rings. The van der Waals surface area contributed by atoms with Crippen molar-refractivity contribution in [3.63, 3.8) is 0 Å². The summed E-state index contributed by atoms with van der Waals surface area (Å²) in [6.07, 6.45) is 5.94. The number of amides is 2. The first kappa shape index (κ1) is 31.1. The lowest BCUT2D eigenvalue weighted by Gasteiger charge is -2.29. The molecule has 3 N–H and O–H groups in total. The maximum Gasteiger partial charge on any atom is 0.437 e. The molecule has 246 valence electrons. The number of aromatic nitrogens is 2. The Morgan fingerprint density at radius 3 is 2.49 bits per heavy atom. The molecule has 0 aliphatic carbocycles. The van der Waals surface area contributed by atoms with E-state index in [9.17, 15) is 14.4 Å². The van der Waals surface area contributed by atoms with Crippen molar-refractivity contribution in [1.29, 1.82) is 5.41 Å². The largest absolute Gasteiger partial charge is 0.437 e. The summed E-state index contributed by atoms with van der Waals surface area (Å²) in [5.74, 6) is 0.0789. The molecule has 3 saturated heterocycles. The molecule has 2 aromatic carbocycles. The molecular weight excluding hydrogens is 598 g/mol. The zero-order chi connectivity index (χ0) is 32.7. The predicted octanol–water partition coefficient (Wildman–Crippen LogP) is 3.16. The molecule has 0 radical (unpaired) electrons. The number of rotatable bonds is 7. The number of carbonyl (C=O) groups is 2. The van der Waals surface area contributed by atoms with Gasteiger partial charge in [-0.2, -0.15) is 4.68 Å². The highest BCUT2D eigenvalue weighted by atomic mass is 16.5. The number of anilines is 2. The molecule has 4 aliphatic heterocycles. The van der Waals surface area contributed by atoms with Crippen LogP contribution in [0.3, 0.4) is 0 Å². The number of nitrogens with two attached hydrogens (primary N) is 1. The predicted molar refractivity (Wildman–Crippen MR) is 178 cm³/mol. The van der Waals surface area contributed by atoms with Crippen molar-refractivity contribution >= 4 is 34.5 Å². The fourth-order valence-electron chi connectivity index (χ4n) is 7.43. The number of aryl methyl sites for hydroxylation is 1. The minimum Gasteiger partial charge on any atom is -0.398 e. The average molecular weight is 640 g/mol. The van der Waals surface area contributed by atoms with Crippen LogP contribution >= 0.6 is 0 Å². The summed E-state index contributed by atoms with van der Waals surface area (Å²) in [6.45, 7) is 4.69. The second-order valence-corrected chi connectivity index (χ2v) is 13.2. The average Bonchev–Trinajstić information content (AvgIpc) is 3.77. The summed E-state index contributed by atoms with van der Waals surface area (Å²) in [7, 11) is 1.55. The molecule has 0 bridgehead atoms. The summed E-state index contributed by atoms with van der Waals surface area (Å²) in [4.78, 5) is 44.7. The van der Waals surface area contributed by atoms with Gasteiger partial charge < -0.3 is 30.1 Å². The quantitative estimate of drug-likeness (QED) is 0.296. The topological polar surface area (TPSA) is 151 Å². The van der Waals surface area contributed by atoms with Crippen molar-refractivity contribution in [3.05, 3.63) is 70.2 Å². The molecule has 47 heavy (non-hydrogen) atoms. The molecule has 4 aliphatic rings. The number of carbonyl (C=O) groups excluding carboxylic acids is 2. The first-order valence-electron chi connectivity index (χ1n) is 16.4. The summed E-state index contributed by atoms with van der Waals surface area (Å²) in [6, 6.07) is 13.4. The molecule has 12 heteroatoms. The Kier molecular flexibility index (Phi) is 8.31. The zero-order valence-electron chi connectivity index (χ0n) is 26.7. The van der Waals surface area contributed by atoms with Gasteiger partial charge in [-0.15, -0.1) is 5.10 Å². The smallest absolute Gasteiger partial charge is 0.398 e. The molecule has 3 fully saturated rings. The highest BCUT2D eigenvalue weighted by molar-refractivity contribution is 6.07. The first-order chi connectivity index (χ1) is 22.7. The first-order valence-corrected chi connectivity index (χ1v) is 16.4. The van der Waals surface area contributed by atoms with Crippen LogP contribution in [0.15, 0.2) is 57.8 Å². The molecule has 1 aromatic heterocycles. The summed E-state index contributed by atoms with van der Waals surface area (Å²) >= 11 is 0. The minimum absolute atomic E-state index is 0.0787. The van der Waals surface area contributed by atoms with Crippen molar-refractivity contribution in [1.82, 2.24) is 19.6 Å².